The van der Waals surface area contributed by atoms with E-state index in [9.17, 15) is 13.2 Å². The zero-order valence-electron chi connectivity index (χ0n) is 22.1. The molecule has 1 nitrogen and oxygen atoms in total. The van der Waals surface area contributed by atoms with Gasteiger partial charge >= 0.3 is 5.92 Å². The molecule has 3 rings (SSSR count). The number of rotatable bonds is 13. The maximum atomic E-state index is 15.9. The molecule has 0 saturated heterocycles. The largest absolute Gasteiger partial charge is 0.539 e. The first-order chi connectivity index (χ1) is 17.9. The summed E-state index contributed by atoms with van der Waals surface area (Å²) in [7, 11) is -3.06. The molecule has 0 amide bonds. The minimum atomic E-state index is -4.54. The van der Waals surface area contributed by atoms with Crippen molar-refractivity contribution in [2.24, 2.45) is 0 Å². The Morgan fingerprint density at radius 3 is 1.76 bits per heavy atom. The highest BCUT2D eigenvalue weighted by atomic mass is 28.4. The van der Waals surface area contributed by atoms with Gasteiger partial charge in [0, 0.05) is 22.8 Å². The van der Waals surface area contributed by atoms with E-state index in [2.05, 4.69) is 0 Å². The first kappa shape index (κ1) is 30.4. The molecule has 10 heteroatoms. The molecule has 0 saturated carbocycles. The number of halogens is 8. The Labute approximate surface area is 219 Å². The Bertz CT molecular complexity index is 1150. The van der Waals surface area contributed by atoms with Gasteiger partial charge in [-0.15, -0.1) is 0 Å². The fourth-order valence-corrected chi connectivity index (χ4v) is 9.35. The van der Waals surface area contributed by atoms with Gasteiger partial charge in [-0.05, 0) is 17.6 Å². The first-order valence-electron chi connectivity index (χ1n) is 13.2. The predicted octanol–water partition coefficient (Wildman–Crippen LogP) is 10.3. The van der Waals surface area contributed by atoms with Gasteiger partial charge in [-0.3, -0.25) is 0 Å². The lowest BCUT2D eigenvalue weighted by atomic mass is 10.0. The first-order valence-corrected chi connectivity index (χ1v) is 15.6. The van der Waals surface area contributed by atoms with Crippen molar-refractivity contribution in [1.82, 2.24) is 0 Å². The van der Waals surface area contributed by atoms with Crippen LogP contribution in [-0.4, -0.2) is 8.32 Å². The second kappa shape index (κ2) is 12.0. The minimum Gasteiger partial charge on any atom is -0.539 e. The molecule has 1 aliphatic carbocycles. The highest BCUT2D eigenvalue weighted by molar-refractivity contribution is 6.75. The molecule has 0 aliphatic heterocycles. The van der Waals surface area contributed by atoms with Crippen LogP contribution >= 0.6 is 0 Å². The number of alkyl halides is 2. The third-order valence-electron chi connectivity index (χ3n) is 7.51. The fraction of sp³-hybridized carbons (Fsp3) is 0.571. The number of benzene rings is 2. The number of fused-ring (bicyclic) bond motifs is 3. The maximum absolute atomic E-state index is 15.9. The molecule has 0 fully saturated rings. The predicted molar refractivity (Wildman–Crippen MR) is 133 cm³/mol. The molecule has 0 atom stereocenters. The molecule has 211 valence electrons. The second-order valence-corrected chi connectivity index (χ2v) is 14.8. The highest BCUT2D eigenvalue weighted by Crippen LogP contribution is 2.56. The summed E-state index contributed by atoms with van der Waals surface area (Å²) in [5.41, 5.74) is -6.34. The Balaban J connectivity index is 2.19. The summed E-state index contributed by atoms with van der Waals surface area (Å²) in [6.07, 6.45) is 6.92. The Morgan fingerprint density at radius 2 is 1.26 bits per heavy atom. The monoisotopic (exact) mass is 565 g/mol. The smallest absolute Gasteiger partial charge is 0.303 e. The summed E-state index contributed by atoms with van der Waals surface area (Å²) in [4.78, 5) is 0. The van der Waals surface area contributed by atoms with Gasteiger partial charge in [0.05, 0.1) is 5.56 Å². The van der Waals surface area contributed by atoms with E-state index in [-0.39, 0.29) is 5.54 Å². The van der Waals surface area contributed by atoms with Gasteiger partial charge in [0.15, 0.2) is 34.8 Å². The highest BCUT2D eigenvalue weighted by Gasteiger charge is 2.53. The van der Waals surface area contributed by atoms with Gasteiger partial charge in [0.1, 0.15) is 0 Å². The van der Waals surface area contributed by atoms with Crippen molar-refractivity contribution in [3.05, 3.63) is 52.1 Å². The van der Waals surface area contributed by atoms with Crippen LogP contribution in [0.5, 0.6) is 5.75 Å². The van der Waals surface area contributed by atoms with Crippen molar-refractivity contribution in [1.29, 1.82) is 0 Å². The lowest BCUT2D eigenvalue weighted by molar-refractivity contribution is 0.0422. The zero-order valence-corrected chi connectivity index (χ0v) is 23.1. The Morgan fingerprint density at radius 1 is 0.711 bits per heavy atom. The van der Waals surface area contributed by atoms with E-state index in [0.29, 0.717) is 24.9 Å². The molecule has 0 unspecified atom stereocenters. The van der Waals surface area contributed by atoms with Crippen LogP contribution in [0.1, 0.15) is 90.2 Å². The molecule has 2 aromatic rings. The average molecular weight is 566 g/mol. The van der Waals surface area contributed by atoms with Crippen LogP contribution in [-0.2, 0) is 5.92 Å². The molecular formula is C28H33F8OSi. The van der Waals surface area contributed by atoms with E-state index >= 15 is 22.0 Å². The number of unbranched alkanes of at least 4 members (excludes halogenated alkanes) is 6. The maximum Gasteiger partial charge on any atom is 0.303 e. The van der Waals surface area contributed by atoms with E-state index in [1.807, 2.05) is 27.7 Å². The van der Waals surface area contributed by atoms with Crippen LogP contribution in [0.25, 0.3) is 11.1 Å². The Hall–Kier alpha value is -2.10. The Kier molecular flexibility index (Phi) is 9.58. The van der Waals surface area contributed by atoms with Crippen molar-refractivity contribution in [2.75, 3.05) is 0 Å². The third kappa shape index (κ3) is 5.34. The lowest BCUT2D eigenvalue weighted by Gasteiger charge is -2.36. The number of hydrogen-bond acceptors (Lipinski definition) is 1. The summed E-state index contributed by atoms with van der Waals surface area (Å²) in [6, 6.07) is 2.36. The van der Waals surface area contributed by atoms with Crippen molar-refractivity contribution in [3.63, 3.8) is 0 Å². The minimum absolute atomic E-state index is 0.175. The van der Waals surface area contributed by atoms with Crippen LogP contribution in [0.15, 0.2) is 0 Å². The van der Waals surface area contributed by atoms with Crippen LogP contribution in [0.4, 0.5) is 35.1 Å². The second-order valence-electron chi connectivity index (χ2n) is 10.4. The number of hydrogen-bond donors (Lipinski definition) is 0. The van der Waals surface area contributed by atoms with E-state index in [4.69, 9.17) is 4.43 Å². The molecule has 0 N–H and O–H groups in total. The molecule has 2 aromatic carbocycles. The molecule has 0 bridgehead atoms. The van der Waals surface area contributed by atoms with Gasteiger partial charge < -0.3 is 4.43 Å². The van der Waals surface area contributed by atoms with Crippen LogP contribution in [0.2, 0.25) is 17.6 Å². The molecule has 0 spiro atoms. The van der Waals surface area contributed by atoms with E-state index in [1.165, 1.54) is 6.07 Å². The van der Waals surface area contributed by atoms with Crippen molar-refractivity contribution in [3.8, 4) is 16.9 Å². The normalized spacial score (nSPS) is 14.2. The SMILES string of the molecule is CCCCCC[Si](CCCCCC)(Oc1c(F)c(F)c2c(c1F)-c1c([c]c(F)c(F)c1F)C2(F)F)C(C)C. The van der Waals surface area contributed by atoms with Crippen LogP contribution in [0.3, 0.4) is 0 Å². The van der Waals surface area contributed by atoms with Crippen molar-refractivity contribution >= 4 is 8.32 Å². The molecule has 38 heavy (non-hydrogen) atoms. The summed E-state index contributed by atoms with van der Waals surface area (Å²) in [6.45, 7) is 7.76. The van der Waals surface area contributed by atoms with E-state index < -0.39 is 77.1 Å². The summed E-state index contributed by atoms with van der Waals surface area (Å²) < 4.78 is 125. The molecule has 0 heterocycles. The van der Waals surface area contributed by atoms with Gasteiger partial charge in [-0.2, -0.15) is 13.2 Å². The van der Waals surface area contributed by atoms with Crippen LogP contribution < -0.4 is 4.43 Å². The van der Waals surface area contributed by atoms with Gasteiger partial charge in [-0.25, -0.2) is 22.0 Å². The molecular weight excluding hydrogens is 532 g/mol. The summed E-state index contributed by atoms with van der Waals surface area (Å²) >= 11 is 0. The van der Waals surface area contributed by atoms with E-state index in [0.717, 1.165) is 38.5 Å². The topological polar surface area (TPSA) is 9.23 Å². The lowest BCUT2D eigenvalue weighted by Crippen LogP contribution is -2.45. The van der Waals surface area contributed by atoms with E-state index in [1.54, 1.807) is 0 Å². The quantitative estimate of drug-likeness (QED) is 0.0772. The summed E-state index contributed by atoms with van der Waals surface area (Å²) in [5, 5.41) is 0. The standard InChI is InChI=1S/C28H33F8OSi/c1-5-7-9-11-13-38(16(3)4,14-12-10-8-6-2)37-27-24(32)20-19-17(15-18(29)22(30)23(19)31)28(35,36)21(20)25(33)26(27)34/h16H,5-14H2,1-4H3. The van der Waals surface area contributed by atoms with Crippen LogP contribution in [0, 0.1) is 41.0 Å². The molecule has 1 aliphatic rings. The van der Waals surface area contributed by atoms with Gasteiger partial charge in [-0.1, -0.05) is 79.1 Å². The van der Waals surface area contributed by atoms with Gasteiger partial charge in [0.25, 0.3) is 8.32 Å². The van der Waals surface area contributed by atoms with Gasteiger partial charge in [0.2, 0.25) is 5.82 Å². The van der Waals surface area contributed by atoms with Crippen molar-refractivity contribution in [2.45, 2.75) is 103 Å². The third-order valence-corrected chi connectivity index (χ3v) is 12.6. The molecule has 0 aromatic heterocycles. The average Bonchev–Trinajstić information content (AvgIpc) is 3.10. The summed E-state index contributed by atoms with van der Waals surface area (Å²) in [5.74, 6) is -18.0. The zero-order chi connectivity index (χ0) is 28.4. The van der Waals surface area contributed by atoms with Crippen molar-refractivity contribution < 1.29 is 39.5 Å². The fourth-order valence-electron chi connectivity index (χ4n) is 5.22. The molecule has 1 radical (unpaired) electrons.